The van der Waals surface area contributed by atoms with Crippen molar-refractivity contribution in [2.75, 3.05) is 18.5 Å². The van der Waals surface area contributed by atoms with E-state index in [1.165, 1.54) is 16.0 Å². The number of amides is 2. The Labute approximate surface area is 233 Å². The summed E-state index contributed by atoms with van der Waals surface area (Å²) in [4.78, 5) is 32.3. The third-order valence-corrected chi connectivity index (χ3v) is 7.24. The molecule has 4 aromatic rings. The largest absolute Gasteiger partial charge is 0.414 e. The Hall–Kier alpha value is -4.10. The predicted octanol–water partition coefficient (Wildman–Crippen LogP) is 6.46. The summed E-state index contributed by atoms with van der Waals surface area (Å²) in [6.07, 6.45) is 2.82. The number of carbonyl (C=O) groups is 2. The Kier molecular flexibility index (Phi) is 8.27. The summed E-state index contributed by atoms with van der Waals surface area (Å²) < 4.78 is 7.74. The molecule has 0 atom stereocenters. The fraction of sp³-hybridized carbons (Fsp3) is 0.258. The highest BCUT2D eigenvalue weighted by Crippen LogP contribution is 2.33. The van der Waals surface area contributed by atoms with E-state index in [4.69, 9.17) is 21.3 Å². The summed E-state index contributed by atoms with van der Waals surface area (Å²) in [5.74, 6) is 1.25. The number of hydrogen-bond donors (Lipinski definition) is 1. The molecule has 200 valence electrons. The van der Waals surface area contributed by atoms with Crippen molar-refractivity contribution in [3.05, 3.63) is 112 Å². The molecule has 7 nitrogen and oxygen atoms in total. The lowest BCUT2D eigenvalue weighted by Gasteiger charge is -2.20. The topological polar surface area (TPSA) is 76.5 Å². The van der Waals surface area contributed by atoms with Crippen molar-refractivity contribution in [1.82, 2.24) is 14.9 Å². The normalized spacial score (nSPS) is 12.6. The zero-order chi connectivity index (χ0) is 27.2. The van der Waals surface area contributed by atoms with Gasteiger partial charge < -0.3 is 10.1 Å². The fourth-order valence-corrected chi connectivity index (χ4v) is 5.20. The number of aryl methyl sites for hydroxylation is 1. The number of imidazole rings is 1. The van der Waals surface area contributed by atoms with Crippen LogP contribution in [0.5, 0.6) is 5.88 Å². The smallest absolute Gasteiger partial charge is 0.389 e. The third-order valence-electron chi connectivity index (χ3n) is 7.00. The number of aromatic nitrogens is 2. The first-order valence-electron chi connectivity index (χ1n) is 13.2. The summed E-state index contributed by atoms with van der Waals surface area (Å²) >= 11 is 6.10. The van der Waals surface area contributed by atoms with Gasteiger partial charge in [0.05, 0.1) is 0 Å². The molecule has 2 amide bonds. The van der Waals surface area contributed by atoms with Gasteiger partial charge in [0.25, 0.3) is 5.91 Å². The maximum atomic E-state index is 13.2. The average Bonchev–Trinajstić information content (AvgIpc) is 3.33. The molecule has 1 aliphatic rings. The molecule has 0 radical (unpaired) electrons. The molecule has 3 aromatic carbocycles. The van der Waals surface area contributed by atoms with Crippen molar-refractivity contribution in [2.45, 2.75) is 38.1 Å². The van der Waals surface area contributed by atoms with E-state index < -0.39 is 6.09 Å². The first-order chi connectivity index (χ1) is 19.0. The lowest BCUT2D eigenvalue weighted by Crippen LogP contribution is -2.31. The van der Waals surface area contributed by atoms with Gasteiger partial charge in [-0.05, 0) is 48.6 Å². The average molecular weight is 543 g/mol. The maximum absolute atomic E-state index is 13.2. The van der Waals surface area contributed by atoms with Crippen molar-refractivity contribution in [2.24, 2.45) is 0 Å². The van der Waals surface area contributed by atoms with Crippen LogP contribution in [0.25, 0.3) is 0 Å². The lowest BCUT2D eigenvalue weighted by atomic mass is 9.88. The van der Waals surface area contributed by atoms with Crippen LogP contribution in [-0.2, 0) is 13.0 Å². The number of benzene rings is 3. The van der Waals surface area contributed by atoms with Gasteiger partial charge in [-0.25, -0.2) is 9.78 Å². The summed E-state index contributed by atoms with van der Waals surface area (Å²) in [6, 6.07) is 27.3. The highest BCUT2D eigenvalue weighted by Gasteiger charge is 2.28. The molecular weight excluding hydrogens is 512 g/mol. The summed E-state index contributed by atoms with van der Waals surface area (Å²) in [5, 5.41) is 3.38. The number of fused-ring (bicyclic) bond motifs is 1. The van der Waals surface area contributed by atoms with Crippen LogP contribution in [0.2, 0.25) is 5.02 Å². The van der Waals surface area contributed by atoms with Crippen molar-refractivity contribution in [3.8, 4) is 5.88 Å². The van der Waals surface area contributed by atoms with E-state index in [0.29, 0.717) is 35.9 Å². The number of halogens is 1. The van der Waals surface area contributed by atoms with Crippen LogP contribution in [-0.4, -0.2) is 35.1 Å². The first-order valence-corrected chi connectivity index (χ1v) is 13.6. The van der Waals surface area contributed by atoms with Crippen LogP contribution < -0.4 is 15.0 Å². The summed E-state index contributed by atoms with van der Waals surface area (Å²) in [7, 11) is 1.63. The quantitative estimate of drug-likeness (QED) is 0.277. The molecule has 39 heavy (non-hydrogen) atoms. The zero-order valence-electron chi connectivity index (χ0n) is 21.8. The third kappa shape index (κ3) is 6.15. The van der Waals surface area contributed by atoms with Gasteiger partial charge in [-0.3, -0.25) is 14.3 Å². The number of rotatable bonds is 8. The van der Waals surface area contributed by atoms with Crippen LogP contribution in [0.1, 0.15) is 52.5 Å². The van der Waals surface area contributed by atoms with Crippen LogP contribution in [0.3, 0.4) is 0 Å². The Balaban J connectivity index is 1.31. The highest BCUT2D eigenvalue weighted by molar-refractivity contribution is 6.31. The van der Waals surface area contributed by atoms with Crippen molar-refractivity contribution in [3.63, 3.8) is 0 Å². The van der Waals surface area contributed by atoms with E-state index in [-0.39, 0.29) is 17.7 Å². The number of ether oxygens (including phenoxy) is 1. The Bertz CT molecular complexity index is 1400. The maximum Gasteiger partial charge on any atom is 0.414 e. The molecular formula is C31H31ClN4O3. The van der Waals surface area contributed by atoms with E-state index in [2.05, 4.69) is 29.6 Å². The second-order valence-electron chi connectivity index (χ2n) is 9.62. The van der Waals surface area contributed by atoms with Crippen molar-refractivity contribution >= 4 is 29.4 Å². The first kappa shape index (κ1) is 26.5. The Morgan fingerprint density at radius 1 is 1.00 bits per heavy atom. The number of nitrogens with one attached hydrogen (secondary N) is 1. The minimum atomic E-state index is -0.576. The van der Waals surface area contributed by atoms with Gasteiger partial charge in [0, 0.05) is 43.1 Å². The minimum Gasteiger partial charge on any atom is -0.389 e. The molecule has 0 unspecified atom stereocenters. The number of nitrogens with zero attached hydrogens (tertiary/aromatic N) is 3. The second kappa shape index (κ2) is 12.2. The molecule has 1 aromatic heterocycles. The highest BCUT2D eigenvalue weighted by atomic mass is 35.5. The standard InChI is InChI=1S/C31H31ClN4O3/c1-35(29(37)24-15-10-16-25(32)21-24)28-30(36-20-9-8-17-27(36)34-28)39-31(38)33-19-18-26(22-11-4-2-5-12-22)23-13-6-3-7-14-23/h2-7,10-16,21,26H,8-9,17-20H2,1H3,(H,33,38). The monoisotopic (exact) mass is 542 g/mol. The molecule has 1 N–H and O–H groups in total. The van der Waals surface area contributed by atoms with Gasteiger partial charge in [0.2, 0.25) is 5.88 Å². The van der Waals surface area contributed by atoms with Gasteiger partial charge in [-0.1, -0.05) is 78.3 Å². The molecule has 0 spiro atoms. The van der Waals surface area contributed by atoms with Crippen molar-refractivity contribution in [1.29, 1.82) is 0 Å². The molecule has 5 rings (SSSR count). The van der Waals surface area contributed by atoms with E-state index in [1.807, 2.05) is 41.0 Å². The molecule has 2 heterocycles. The fourth-order valence-electron chi connectivity index (χ4n) is 5.01. The van der Waals surface area contributed by atoms with Gasteiger partial charge in [0.1, 0.15) is 5.82 Å². The molecule has 0 saturated carbocycles. The van der Waals surface area contributed by atoms with Crippen LogP contribution in [0, 0.1) is 0 Å². The molecule has 8 heteroatoms. The SMILES string of the molecule is CN(C(=O)c1cccc(Cl)c1)c1nc2n(c1OC(=O)NCCC(c1ccccc1)c1ccccc1)CCCC2. The Morgan fingerprint density at radius 2 is 1.69 bits per heavy atom. The van der Waals surface area contributed by atoms with Gasteiger partial charge >= 0.3 is 6.09 Å². The van der Waals surface area contributed by atoms with Gasteiger partial charge in [-0.15, -0.1) is 0 Å². The second-order valence-corrected chi connectivity index (χ2v) is 10.1. The lowest BCUT2D eigenvalue weighted by molar-refractivity contribution is 0.0991. The summed E-state index contributed by atoms with van der Waals surface area (Å²) in [6.45, 7) is 1.09. The predicted molar refractivity (Wildman–Crippen MR) is 153 cm³/mol. The molecule has 0 bridgehead atoms. The van der Waals surface area contributed by atoms with Gasteiger partial charge in [-0.2, -0.15) is 0 Å². The molecule has 0 aliphatic carbocycles. The van der Waals surface area contributed by atoms with Crippen molar-refractivity contribution < 1.29 is 14.3 Å². The minimum absolute atomic E-state index is 0.132. The Morgan fingerprint density at radius 3 is 2.36 bits per heavy atom. The van der Waals surface area contributed by atoms with E-state index in [9.17, 15) is 9.59 Å². The molecule has 0 fully saturated rings. The van der Waals surface area contributed by atoms with Crippen LogP contribution in [0.15, 0.2) is 84.9 Å². The van der Waals surface area contributed by atoms with E-state index >= 15 is 0 Å². The summed E-state index contributed by atoms with van der Waals surface area (Å²) in [5.41, 5.74) is 2.80. The zero-order valence-corrected chi connectivity index (χ0v) is 22.6. The van der Waals surface area contributed by atoms with Crippen LogP contribution >= 0.6 is 11.6 Å². The van der Waals surface area contributed by atoms with E-state index in [0.717, 1.165) is 25.1 Å². The van der Waals surface area contributed by atoms with Gasteiger partial charge in [0.15, 0.2) is 5.82 Å². The molecule has 1 aliphatic heterocycles. The van der Waals surface area contributed by atoms with Crippen LogP contribution in [0.4, 0.5) is 10.6 Å². The molecule has 0 saturated heterocycles. The number of carbonyl (C=O) groups excluding carboxylic acids is 2. The number of anilines is 1. The number of hydrogen-bond acceptors (Lipinski definition) is 4. The van der Waals surface area contributed by atoms with E-state index in [1.54, 1.807) is 31.3 Å².